The lowest BCUT2D eigenvalue weighted by atomic mass is 9.82. The van der Waals surface area contributed by atoms with Crippen LogP contribution < -0.4 is 5.73 Å². The van der Waals surface area contributed by atoms with E-state index in [2.05, 4.69) is 18.8 Å². The predicted molar refractivity (Wildman–Crippen MR) is 67.6 cm³/mol. The first kappa shape index (κ1) is 11.9. The zero-order chi connectivity index (χ0) is 12.5. The number of carbonyl (C=O) groups excluding carboxylic acids is 1. The van der Waals surface area contributed by atoms with Crippen molar-refractivity contribution in [2.24, 2.45) is 5.41 Å². The summed E-state index contributed by atoms with van der Waals surface area (Å²) in [6, 6.07) is 1.69. The van der Waals surface area contributed by atoms with Gasteiger partial charge in [0, 0.05) is 19.3 Å². The van der Waals surface area contributed by atoms with Crippen LogP contribution in [-0.2, 0) is 0 Å². The Morgan fingerprint density at radius 2 is 2.06 bits per heavy atom. The minimum Gasteiger partial charge on any atom is -0.397 e. The Kier molecular flexibility index (Phi) is 3.05. The predicted octanol–water partition coefficient (Wildman–Crippen LogP) is 1.93. The van der Waals surface area contributed by atoms with Gasteiger partial charge in [-0.2, -0.15) is 0 Å². The molecule has 1 fully saturated rings. The second kappa shape index (κ2) is 4.35. The zero-order valence-electron chi connectivity index (χ0n) is 10.4. The lowest BCUT2D eigenvalue weighted by molar-refractivity contribution is 0.0631. The van der Waals surface area contributed by atoms with E-state index in [1.165, 1.54) is 6.20 Å². The normalized spacial score (nSPS) is 19.1. The molecule has 1 aliphatic heterocycles. The van der Waals surface area contributed by atoms with E-state index in [1.54, 1.807) is 12.3 Å². The fourth-order valence-corrected chi connectivity index (χ4v) is 2.09. The summed E-state index contributed by atoms with van der Waals surface area (Å²) in [5, 5.41) is 0. The van der Waals surface area contributed by atoms with Gasteiger partial charge in [-0.3, -0.25) is 9.78 Å². The molecule has 1 amide bonds. The summed E-state index contributed by atoms with van der Waals surface area (Å²) in [4.78, 5) is 18.0. The molecule has 1 saturated heterocycles. The topological polar surface area (TPSA) is 59.2 Å². The molecule has 0 unspecified atom stereocenters. The van der Waals surface area contributed by atoms with E-state index in [0.717, 1.165) is 25.9 Å². The van der Waals surface area contributed by atoms with Crippen molar-refractivity contribution in [2.45, 2.75) is 26.7 Å². The smallest absolute Gasteiger partial charge is 0.256 e. The van der Waals surface area contributed by atoms with Crippen LogP contribution in [0.3, 0.4) is 0 Å². The Hall–Kier alpha value is -1.58. The van der Waals surface area contributed by atoms with Gasteiger partial charge in [0.15, 0.2) is 0 Å². The number of piperidine rings is 1. The van der Waals surface area contributed by atoms with Crippen LogP contribution in [0.15, 0.2) is 18.5 Å². The maximum atomic E-state index is 12.2. The summed E-state index contributed by atoms with van der Waals surface area (Å²) in [5.74, 6) is 0.0281. The highest BCUT2D eigenvalue weighted by molar-refractivity contribution is 5.98. The highest BCUT2D eigenvalue weighted by Gasteiger charge is 2.28. The van der Waals surface area contributed by atoms with E-state index < -0.39 is 0 Å². The molecule has 1 aromatic rings. The van der Waals surface area contributed by atoms with Crippen LogP contribution in [0, 0.1) is 5.41 Å². The lowest BCUT2D eigenvalue weighted by Gasteiger charge is -2.37. The Labute approximate surface area is 102 Å². The fraction of sp³-hybridized carbons (Fsp3) is 0.538. The Morgan fingerprint density at radius 3 is 2.65 bits per heavy atom. The van der Waals surface area contributed by atoms with Gasteiger partial charge in [-0.25, -0.2) is 0 Å². The molecule has 2 heterocycles. The first-order valence-electron chi connectivity index (χ1n) is 5.98. The molecule has 2 N–H and O–H groups in total. The molecule has 2 rings (SSSR count). The number of nitrogen functional groups attached to an aromatic ring is 1. The summed E-state index contributed by atoms with van der Waals surface area (Å²) >= 11 is 0. The van der Waals surface area contributed by atoms with Crippen LogP contribution in [0.1, 0.15) is 37.0 Å². The molecule has 4 heteroatoms. The number of hydrogen-bond acceptors (Lipinski definition) is 3. The van der Waals surface area contributed by atoms with Gasteiger partial charge in [-0.1, -0.05) is 13.8 Å². The molecule has 4 nitrogen and oxygen atoms in total. The molecular formula is C13H19N3O. The molecule has 17 heavy (non-hydrogen) atoms. The molecule has 1 aliphatic rings. The van der Waals surface area contributed by atoms with Crippen molar-refractivity contribution in [3.63, 3.8) is 0 Å². The standard InChI is InChI=1S/C13H19N3O/c1-13(2)4-7-16(8-5-13)12(17)10-3-6-15-9-11(10)14/h3,6,9H,4-5,7-8,14H2,1-2H3. The molecule has 1 aromatic heterocycles. The molecule has 0 spiro atoms. The molecule has 0 bridgehead atoms. The maximum absolute atomic E-state index is 12.2. The number of carbonyl (C=O) groups is 1. The van der Waals surface area contributed by atoms with Gasteiger partial charge in [0.25, 0.3) is 5.91 Å². The van der Waals surface area contributed by atoms with Gasteiger partial charge in [-0.15, -0.1) is 0 Å². The van der Waals surface area contributed by atoms with Crippen molar-refractivity contribution in [3.05, 3.63) is 24.0 Å². The molecule has 92 valence electrons. The SMILES string of the molecule is CC1(C)CCN(C(=O)c2ccncc2N)CC1. The van der Waals surface area contributed by atoms with E-state index in [1.807, 2.05) is 4.90 Å². The van der Waals surface area contributed by atoms with Gasteiger partial charge < -0.3 is 10.6 Å². The fourth-order valence-electron chi connectivity index (χ4n) is 2.09. The van der Waals surface area contributed by atoms with Crippen molar-refractivity contribution in [3.8, 4) is 0 Å². The van der Waals surface area contributed by atoms with Crippen LogP contribution in [0.5, 0.6) is 0 Å². The third-order valence-electron chi connectivity index (χ3n) is 3.49. The highest BCUT2D eigenvalue weighted by Crippen LogP contribution is 2.30. The third kappa shape index (κ3) is 2.57. The number of pyridine rings is 1. The second-order valence-electron chi connectivity index (χ2n) is 5.42. The number of amides is 1. The van der Waals surface area contributed by atoms with Crippen LogP contribution in [-0.4, -0.2) is 28.9 Å². The zero-order valence-corrected chi connectivity index (χ0v) is 10.4. The number of anilines is 1. The van der Waals surface area contributed by atoms with Crippen LogP contribution in [0.4, 0.5) is 5.69 Å². The van der Waals surface area contributed by atoms with Crippen molar-refractivity contribution in [2.75, 3.05) is 18.8 Å². The van der Waals surface area contributed by atoms with Crippen molar-refractivity contribution in [1.82, 2.24) is 9.88 Å². The van der Waals surface area contributed by atoms with Crippen LogP contribution in [0.25, 0.3) is 0 Å². The Bertz CT molecular complexity index is 418. The number of hydrogen-bond donors (Lipinski definition) is 1. The third-order valence-corrected chi connectivity index (χ3v) is 3.49. The molecule has 0 aliphatic carbocycles. The minimum atomic E-state index is 0.0281. The maximum Gasteiger partial charge on any atom is 0.256 e. The summed E-state index contributed by atoms with van der Waals surface area (Å²) in [5.41, 5.74) is 7.15. The minimum absolute atomic E-state index is 0.0281. The number of nitrogens with two attached hydrogens (primary N) is 1. The summed E-state index contributed by atoms with van der Waals surface area (Å²) in [6.45, 7) is 6.12. The molecular weight excluding hydrogens is 214 g/mol. The number of rotatable bonds is 1. The summed E-state index contributed by atoms with van der Waals surface area (Å²) < 4.78 is 0. The van der Waals surface area contributed by atoms with Gasteiger partial charge in [0.05, 0.1) is 17.4 Å². The summed E-state index contributed by atoms with van der Waals surface area (Å²) in [7, 11) is 0. The van der Waals surface area contributed by atoms with E-state index in [0.29, 0.717) is 16.7 Å². The van der Waals surface area contributed by atoms with E-state index in [-0.39, 0.29) is 5.91 Å². The van der Waals surface area contributed by atoms with Gasteiger partial charge in [0.2, 0.25) is 0 Å². The quantitative estimate of drug-likeness (QED) is 0.806. The molecule has 0 aromatic carbocycles. The first-order chi connectivity index (χ1) is 7.99. The first-order valence-corrected chi connectivity index (χ1v) is 5.98. The average Bonchev–Trinajstić information content (AvgIpc) is 2.29. The molecule has 0 atom stereocenters. The van der Waals surface area contributed by atoms with Gasteiger partial charge in [0.1, 0.15) is 0 Å². The Balaban J connectivity index is 2.10. The van der Waals surface area contributed by atoms with Crippen molar-refractivity contribution >= 4 is 11.6 Å². The lowest BCUT2D eigenvalue weighted by Crippen LogP contribution is -2.41. The number of likely N-dealkylation sites (tertiary alicyclic amines) is 1. The molecule has 0 saturated carbocycles. The monoisotopic (exact) mass is 233 g/mol. The summed E-state index contributed by atoms with van der Waals surface area (Å²) in [6.07, 6.45) is 5.23. The van der Waals surface area contributed by atoms with E-state index in [9.17, 15) is 4.79 Å². The van der Waals surface area contributed by atoms with Gasteiger partial charge in [-0.05, 0) is 24.3 Å². The van der Waals surface area contributed by atoms with E-state index >= 15 is 0 Å². The average molecular weight is 233 g/mol. The highest BCUT2D eigenvalue weighted by atomic mass is 16.2. The Morgan fingerprint density at radius 1 is 1.41 bits per heavy atom. The van der Waals surface area contributed by atoms with Crippen molar-refractivity contribution in [1.29, 1.82) is 0 Å². The number of aromatic nitrogens is 1. The van der Waals surface area contributed by atoms with E-state index in [4.69, 9.17) is 5.73 Å². The van der Waals surface area contributed by atoms with Gasteiger partial charge >= 0.3 is 0 Å². The largest absolute Gasteiger partial charge is 0.397 e. The van der Waals surface area contributed by atoms with Crippen LogP contribution >= 0.6 is 0 Å². The van der Waals surface area contributed by atoms with Crippen LogP contribution in [0.2, 0.25) is 0 Å². The second-order valence-corrected chi connectivity index (χ2v) is 5.42. The molecule has 0 radical (unpaired) electrons. The number of nitrogens with zero attached hydrogens (tertiary/aromatic N) is 2. The van der Waals surface area contributed by atoms with Crippen molar-refractivity contribution < 1.29 is 4.79 Å².